The first-order chi connectivity index (χ1) is 11.6. The molecule has 6 nitrogen and oxygen atoms in total. The summed E-state index contributed by atoms with van der Waals surface area (Å²) in [6, 6.07) is 6.07. The zero-order valence-corrected chi connectivity index (χ0v) is 15.5. The lowest BCUT2D eigenvalue weighted by Crippen LogP contribution is -2.31. The normalized spacial score (nSPS) is 18.6. The Labute approximate surface area is 149 Å². The maximum Gasteiger partial charge on any atom is 0.216 e. The van der Waals surface area contributed by atoms with Gasteiger partial charge in [-0.25, -0.2) is 4.68 Å². The fourth-order valence-corrected chi connectivity index (χ4v) is 5.07. The van der Waals surface area contributed by atoms with Crippen LogP contribution in [0.5, 0.6) is 11.5 Å². The second kappa shape index (κ2) is 5.93. The summed E-state index contributed by atoms with van der Waals surface area (Å²) in [4.78, 5) is 0. The number of methoxy groups -OCH3 is 2. The van der Waals surface area contributed by atoms with Crippen molar-refractivity contribution in [2.45, 2.75) is 30.3 Å². The molecule has 3 heterocycles. The highest BCUT2D eigenvalue weighted by molar-refractivity contribution is 8.07. The molecule has 8 heteroatoms. The van der Waals surface area contributed by atoms with E-state index in [0.29, 0.717) is 5.92 Å². The molecular weight excluding hydrogens is 344 g/mol. The van der Waals surface area contributed by atoms with Crippen molar-refractivity contribution in [1.82, 2.24) is 14.9 Å². The predicted molar refractivity (Wildman–Crippen MR) is 96.1 cm³/mol. The van der Waals surface area contributed by atoms with Crippen LogP contribution in [0.2, 0.25) is 0 Å². The van der Waals surface area contributed by atoms with Gasteiger partial charge in [-0.15, -0.1) is 10.2 Å². The molecule has 1 aromatic heterocycles. The van der Waals surface area contributed by atoms with Crippen LogP contribution < -0.4 is 14.5 Å². The maximum absolute atomic E-state index is 5.46. The van der Waals surface area contributed by atoms with E-state index in [9.17, 15) is 0 Å². The Bertz CT molecular complexity index is 818. The van der Waals surface area contributed by atoms with Gasteiger partial charge in [0.2, 0.25) is 5.16 Å². The van der Waals surface area contributed by atoms with Crippen LogP contribution in [0.15, 0.2) is 33.8 Å². The van der Waals surface area contributed by atoms with Gasteiger partial charge in [-0.3, -0.25) is 5.01 Å². The molecule has 0 aliphatic carbocycles. The summed E-state index contributed by atoms with van der Waals surface area (Å²) >= 11 is 3.44. The number of fused-ring (bicyclic) bond motifs is 3. The zero-order valence-electron chi connectivity index (χ0n) is 13.9. The summed E-state index contributed by atoms with van der Waals surface area (Å²) in [7, 11) is 3.31. The van der Waals surface area contributed by atoms with Gasteiger partial charge in [0.05, 0.1) is 14.2 Å². The lowest BCUT2D eigenvalue weighted by atomic mass is 10.2. The molecule has 24 heavy (non-hydrogen) atoms. The molecule has 0 spiro atoms. The van der Waals surface area contributed by atoms with Gasteiger partial charge < -0.3 is 9.47 Å². The van der Waals surface area contributed by atoms with E-state index in [0.717, 1.165) is 28.0 Å². The minimum atomic E-state index is 0.127. The smallest absolute Gasteiger partial charge is 0.216 e. The van der Waals surface area contributed by atoms with Crippen LogP contribution >= 0.6 is 23.5 Å². The standard InChI is InChI=1S/C16H18N4O2S2/c1-9(2)14-17-18-16-20(14)19-13(24-16)8-23-15(19)10-5-6-11(21-3)12(7-10)22-4/h5-9,15H,1-4H3/t15-/m1/s1. The molecule has 4 rings (SSSR count). The predicted octanol–water partition coefficient (Wildman–Crippen LogP) is 3.71. The van der Waals surface area contributed by atoms with Gasteiger partial charge in [0.15, 0.2) is 17.3 Å². The Balaban J connectivity index is 1.75. The van der Waals surface area contributed by atoms with Crippen LogP contribution in [-0.4, -0.2) is 29.1 Å². The van der Waals surface area contributed by atoms with E-state index >= 15 is 0 Å². The van der Waals surface area contributed by atoms with Gasteiger partial charge in [0.25, 0.3) is 0 Å². The molecule has 0 amide bonds. The number of benzene rings is 1. The number of nitrogens with zero attached hydrogens (tertiary/aromatic N) is 4. The van der Waals surface area contributed by atoms with E-state index in [-0.39, 0.29) is 5.37 Å². The molecule has 2 aliphatic rings. The highest BCUT2D eigenvalue weighted by Crippen LogP contribution is 2.52. The molecule has 2 aliphatic heterocycles. The summed E-state index contributed by atoms with van der Waals surface area (Å²) < 4.78 is 12.9. The van der Waals surface area contributed by atoms with E-state index in [2.05, 4.69) is 45.2 Å². The SMILES string of the molecule is COc1ccc([C@H]2SC=C3Sc4nnc(C(C)C)n4N32)cc1OC. The Morgan fingerprint density at radius 1 is 1.12 bits per heavy atom. The van der Waals surface area contributed by atoms with Gasteiger partial charge in [-0.05, 0) is 29.5 Å². The largest absolute Gasteiger partial charge is 0.493 e. The molecule has 2 aromatic rings. The molecule has 0 unspecified atom stereocenters. The molecule has 0 N–H and O–H groups in total. The van der Waals surface area contributed by atoms with Gasteiger partial charge in [0.1, 0.15) is 10.4 Å². The Morgan fingerprint density at radius 2 is 1.92 bits per heavy atom. The molecule has 1 atom stereocenters. The first-order valence-electron chi connectivity index (χ1n) is 7.64. The highest BCUT2D eigenvalue weighted by Gasteiger charge is 2.40. The third-order valence-electron chi connectivity index (χ3n) is 4.00. The second-order valence-corrected chi connectivity index (χ2v) is 7.75. The Kier molecular flexibility index (Phi) is 3.88. The molecular formula is C16H18N4O2S2. The van der Waals surface area contributed by atoms with Crippen molar-refractivity contribution in [2.75, 3.05) is 19.2 Å². The van der Waals surface area contributed by atoms with Crippen LogP contribution in [0.4, 0.5) is 0 Å². The van der Waals surface area contributed by atoms with E-state index in [4.69, 9.17) is 9.47 Å². The molecule has 0 saturated heterocycles. The zero-order chi connectivity index (χ0) is 16.8. The van der Waals surface area contributed by atoms with Crippen LogP contribution in [-0.2, 0) is 0 Å². The second-order valence-electron chi connectivity index (χ2n) is 5.81. The number of thioether (sulfide) groups is 2. The van der Waals surface area contributed by atoms with Crippen molar-refractivity contribution in [3.63, 3.8) is 0 Å². The highest BCUT2D eigenvalue weighted by atomic mass is 32.2. The van der Waals surface area contributed by atoms with Crippen molar-refractivity contribution >= 4 is 23.5 Å². The summed E-state index contributed by atoms with van der Waals surface area (Å²) in [5, 5.41) is 15.4. The van der Waals surface area contributed by atoms with Crippen LogP contribution in [0, 0.1) is 0 Å². The average molecular weight is 362 g/mol. The molecule has 0 radical (unpaired) electrons. The third kappa shape index (κ3) is 2.28. The molecule has 0 bridgehead atoms. The van der Waals surface area contributed by atoms with Crippen molar-refractivity contribution in [3.05, 3.63) is 40.0 Å². The van der Waals surface area contributed by atoms with Crippen LogP contribution in [0.1, 0.15) is 36.5 Å². The summed E-state index contributed by atoms with van der Waals surface area (Å²) in [5.41, 5.74) is 1.15. The number of hydrogen-bond donors (Lipinski definition) is 0. The third-order valence-corrected chi connectivity index (χ3v) is 6.19. The van der Waals surface area contributed by atoms with E-state index in [1.165, 1.54) is 5.03 Å². The first kappa shape index (κ1) is 15.7. The van der Waals surface area contributed by atoms with Crippen molar-refractivity contribution in [2.24, 2.45) is 0 Å². The van der Waals surface area contributed by atoms with Gasteiger partial charge >= 0.3 is 0 Å². The van der Waals surface area contributed by atoms with E-state index in [1.54, 1.807) is 37.7 Å². The van der Waals surface area contributed by atoms with Crippen LogP contribution in [0.25, 0.3) is 0 Å². The van der Waals surface area contributed by atoms with Crippen molar-refractivity contribution in [3.8, 4) is 11.5 Å². The Morgan fingerprint density at radius 3 is 2.62 bits per heavy atom. The summed E-state index contributed by atoms with van der Waals surface area (Å²) in [6.45, 7) is 4.27. The quantitative estimate of drug-likeness (QED) is 0.822. The van der Waals surface area contributed by atoms with Crippen molar-refractivity contribution in [1.29, 1.82) is 0 Å². The molecule has 0 fully saturated rings. The van der Waals surface area contributed by atoms with Crippen molar-refractivity contribution < 1.29 is 9.47 Å². The number of ether oxygens (including phenoxy) is 2. The summed E-state index contributed by atoms with van der Waals surface area (Å²) in [6.07, 6.45) is 0. The molecule has 0 saturated carbocycles. The minimum Gasteiger partial charge on any atom is -0.493 e. The first-order valence-corrected chi connectivity index (χ1v) is 9.40. The fraction of sp³-hybridized carbons (Fsp3) is 0.375. The molecule has 126 valence electrons. The number of hydrogen-bond acceptors (Lipinski definition) is 7. The fourth-order valence-electron chi connectivity index (χ4n) is 2.85. The number of rotatable bonds is 4. The topological polar surface area (TPSA) is 52.4 Å². The summed E-state index contributed by atoms with van der Waals surface area (Å²) in [5.74, 6) is 2.77. The number of aromatic nitrogens is 3. The van der Waals surface area contributed by atoms with E-state index in [1.807, 2.05) is 12.1 Å². The van der Waals surface area contributed by atoms with Gasteiger partial charge in [-0.1, -0.05) is 31.7 Å². The minimum absolute atomic E-state index is 0.127. The molecule has 1 aromatic carbocycles. The monoisotopic (exact) mass is 362 g/mol. The maximum atomic E-state index is 5.46. The van der Waals surface area contributed by atoms with Gasteiger partial charge in [0, 0.05) is 11.3 Å². The van der Waals surface area contributed by atoms with Gasteiger partial charge in [-0.2, -0.15) is 0 Å². The average Bonchev–Trinajstić information content (AvgIpc) is 3.24. The lowest BCUT2D eigenvalue weighted by molar-refractivity contribution is 0.354. The lowest BCUT2D eigenvalue weighted by Gasteiger charge is -2.27. The van der Waals surface area contributed by atoms with E-state index < -0.39 is 0 Å². The Hall–Kier alpha value is -1.80. The van der Waals surface area contributed by atoms with Crippen LogP contribution in [0.3, 0.4) is 0 Å².